The van der Waals surface area contributed by atoms with Gasteiger partial charge in [0.2, 0.25) is 0 Å². The third-order valence-electron chi connectivity index (χ3n) is 2.67. The Labute approximate surface area is 112 Å². The highest BCUT2D eigenvalue weighted by Gasteiger charge is 2.09. The Bertz CT molecular complexity index is 304. The molecule has 2 nitrogen and oxygen atoms in total. The lowest BCUT2D eigenvalue weighted by atomic mass is 10.2. The number of ether oxygens (including phenoxy) is 2. The summed E-state index contributed by atoms with van der Waals surface area (Å²) in [7, 11) is 1.68. The van der Waals surface area contributed by atoms with Crippen LogP contribution in [0.4, 0.5) is 0 Å². The number of benzene rings is 1. The van der Waals surface area contributed by atoms with Crippen molar-refractivity contribution in [3.05, 3.63) is 23.8 Å². The van der Waals surface area contributed by atoms with Gasteiger partial charge >= 0.3 is 0 Å². The first-order chi connectivity index (χ1) is 8.33. The predicted octanol–water partition coefficient (Wildman–Crippen LogP) is 4.55. The average Bonchev–Trinajstić information content (AvgIpc) is 2.38. The summed E-state index contributed by atoms with van der Waals surface area (Å²) in [5.74, 6) is 1.70. The Morgan fingerprint density at radius 1 is 1.18 bits per heavy atom. The SMILES string of the molecule is CCCCCCOc1c(CBr)cccc1OC. The van der Waals surface area contributed by atoms with Crippen molar-refractivity contribution in [1.82, 2.24) is 0 Å². The minimum Gasteiger partial charge on any atom is -0.493 e. The second-order valence-corrected chi connectivity index (χ2v) is 4.55. The highest BCUT2D eigenvalue weighted by atomic mass is 79.9. The number of hydrogen-bond donors (Lipinski definition) is 0. The Balaban J connectivity index is 2.55. The lowest BCUT2D eigenvalue weighted by Gasteiger charge is -2.13. The minimum atomic E-state index is 0.764. The normalized spacial score (nSPS) is 10.3. The molecule has 0 bridgehead atoms. The highest BCUT2D eigenvalue weighted by Crippen LogP contribution is 2.32. The molecule has 0 saturated carbocycles. The first kappa shape index (κ1) is 14.4. The van der Waals surface area contributed by atoms with Gasteiger partial charge in [-0.3, -0.25) is 0 Å². The molecule has 1 aromatic rings. The number of alkyl halides is 1. The van der Waals surface area contributed by atoms with Gasteiger partial charge in [0.25, 0.3) is 0 Å². The lowest BCUT2D eigenvalue weighted by molar-refractivity contribution is 0.283. The molecule has 0 unspecified atom stereocenters. The van der Waals surface area contributed by atoms with Crippen molar-refractivity contribution < 1.29 is 9.47 Å². The molecule has 0 spiro atoms. The predicted molar refractivity (Wildman–Crippen MR) is 75.3 cm³/mol. The van der Waals surface area contributed by atoms with Crippen molar-refractivity contribution in [2.75, 3.05) is 13.7 Å². The Morgan fingerprint density at radius 3 is 2.65 bits per heavy atom. The van der Waals surface area contributed by atoms with Gasteiger partial charge in [-0.15, -0.1) is 0 Å². The molecule has 0 saturated heterocycles. The highest BCUT2D eigenvalue weighted by molar-refractivity contribution is 9.08. The Morgan fingerprint density at radius 2 is 2.00 bits per heavy atom. The maximum Gasteiger partial charge on any atom is 0.165 e. The van der Waals surface area contributed by atoms with Gasteiger partial charge in [-0.05, 0) is 12.5 Å². The van der Waals surface area contributed by atoms with Crippen LogP contribution in [0.15, 0.2) is 18.2 Å². The van der Waals surface area contributed by atoms with Gasteiger partial charge in [-0.25, -0.2) is 0 Å². The van der Waals surface area contributed by atoms with E-state index in [1.165, 1.54) is 19.3 Å². The fourth-order valence-electron chi connectivity index (χ4n) is 1.69. The first-order valence-electron chi connectivity index (χ1n) is 6.18. The van der Waals surface area contributed by atoms with Crippen LogP contribution in [0.3, 0.4) is 0 Å². The van der Waals surface area contributed by atoms with Gasteiger partial charge in [0, 0.05) is 10.9 Å². The van der Waals surface area contributed by atoms with Gasteiger partial charge < -0.3 is 9.47 Å². The zero-order valence-corrected chi connectivity index (χ0v) is 12.3. The van der Waals surface area contributed by atoms with Crippen LogP contribution in [0.5, 0.6) is 11.5 Å². The summed E-state index contributed by atoms with van der Waals surface area (Å²) in [6.07, 6.45) is 4.87. The molecule has 0 atom stereocenters. The summed E-state index contributed by atoms with van der Waals surface area (Å²) in [4.78, 5) is 0. The van der Waals surface area contributed by atoms with Crippen molar-refractivity contribution in [2.45, 2.75) is 37.9 Å². The van der Waals surface area contributed by atoms with E-state index in [1.807, 2.05) is 12.1 Å². The van der Waals surface area contributed by atoms with Crippen molar-refractivity contribution in [3.63, 3.8) is 0 Å². The number of rotatable bonds is 8. The second-order valence-electron chi connectivity index (χ2n) is 3.99. The van der Waals surface area contributed by atoms with E-state index >= 15 is 0 Å². The summed E-state index contributed by atoms with van der Waals surface area (Å²) in [6, 6.07) is 5.98. The van der Waals surface area contributed by atoms with E-state index in [1.54, 1.807) is 7.11 Å². The Hall–Kier alpha value is -0.700. The molecule has 0 radical (unpaired) electrons. The number of hydrogen-bond acceptors (Lipinski definition) is 2. The molecule has 0 heterocycles. The third-order valence-corrected chi connectivity index (χ3v) is 3.27. The molecule has 0 N–H and O–H groups in total. The van der Waals surface area contributed by atoms with Crippen molar-refractivity contribution >= 4 is 15.9 Å². The van der Waals surface area contributed by atoms with Gasteiger partial charge in [-0.1, -0.05) is 54.2 Å². The van der Waals surface area contributed by atoms with Crippen LogP contribution in [0.1, 0.15) is 38.2 Å². The van der Waals surface area contributed by atoms with Gasteiger partial charge in [0.05, 0.1) is 13.7 Å². The zero-order valence-electron chi connectivity index (χ0n) is 10.7. The lowest BCUT2D eigenvalue weighted by Crippen LogP contribution is -2.01. The largest absolute Gasteiger partial charge is 0.493 e. The zero-order chi connectivity index (χ0) is 12.5. The summed E-state index contributed by atoms with van der Waals surface area (Å²) >= 11 is 3.47. The van der Waals surface area contributed by atoms with E-state index in [4.69, 9.17) is 9.47 Å². The van der Waals surface area contributed by atoms with E-state index in [9.17, 15) is 0 Å². The van der Waals surface area contributed by atoms with Gasteiger partial charge in [0.15, 0.2) is 11.5 Å². The molecule has 0 aliphatic carbocycles. The third kappa shape index (κ3) is 4.58. The van der Waals surface area contributed by atoms with Crippen LogP contribution in [-0.4, -0.2) is 13.7 Å². The Kier molecular flexibility index (Phi) is 7.10. The van der Waals surface area contributed by atoms with Crippen LogP contribution >= 0.6 is 15.9 Å². The molecule has 0 aliphatic rings. The smallest absolute Gasteiger partial charge is 0.165 e. The van der Waals surface area contributed by atoms with E-state index in [0.717, 1.165) is 35.4 Å². The first-order valence-corrected chi connectivity index (χ1v) is 7.30. The summed E-state index contributed by atoms with van der Waals surface area (Å²) in [5.41, 5.74) is 1.14. The summed E-state index contributed by atoms with van der Waals surface area (Å²) in [6.45, 7) is 2.98. The van der Waals surface area contributed by atoms with E-state index in [2.05, 4.69) is 28.9 Å². The number of para-hydroxylation sites is 1. The fraction of sp³-hybridized carbons (Fsp3) is 0.571. The van der Waals surface area contributed by atoms with Crippen molar-refractivity contribution in [2.24, 2.45) is 0 Å². The average molecular weight is 301 g/mol. The molecule has 1 rings (SSSR count). The van der Waals surface area contributed by atoms with Crippen molar-refractivity contribution in [1.29, 1.82) is 0 Å². The van der Waals surface area contributed by atoms with E-state index < -0.39 is 0 Å². The monoisotopic (exact) mass is 300 g/mol. The summed E-state index contributed by atoms with van der Waals surface area (Å²) < 4.78 is 11.2. The molecule has 96 valence electrons. The molecule has 1 aromatic carbocycles. The van der Waals surface area contributed by atoms with Crippen LogP contribution in [0, 0.1) is 0 Å². The standard InChI is InChI=1S/C14H21BrO2/c1-3-4-5-6-10-17-14-12(11-15)8-7-9-13(14)16-2/h7-9H,3-6,10-11H2,1-2H3. The topological polar surface area (TPSA) is 18.5 Å². The van der Waals surface area contributed by atoms with Crippen LogP contribution in [-0.2, 0) is 5.33 Å². The molecule has 0 amide bonds. The molecule has 0 aromatic heterocycles. The van der Waals surface area contributed by atoms with Crippen LogP contribution in [0.2, 0.25) is 0 Å². The maximum atomic E-state index is 5.84. The summed E-state index contributed by atoms with van der Waals surface area (Å²) in [5, 5.41) is 0.786. The minimum absolute atomic E-state index is 0.764. The fourth-order valence-corrected chi connectivity index (χ4v) is 2.14. The quantitative estimate of drug-likeness (QED) is 0.518. The number of unbranched alkanes of at least 4 members (excludes halogenated alkanes) is 3. The van der Waals surface area contributed by atoms with Gasteiger partial charge in [-0.2, -0.15) is 0 Å². The molecule has 3 heteroatoms. The maximum absolute atomic E-state index is 5.84. The molecule has 0 aliphatic heterocycles. The second kappa shape index (κ2) is 8.40. The molecule has 0 fully saturated rings. The number of halogens is 1. The molecular weight excluding hydrogens is 280 g/mol. The van der Waals surface area contributed by atoms with Crippen molar-refractivity contribution in [3.8, 4) is 11.5 Å². The molecular formula is C14H21BrO2. The van der Waals surface area contributed by atoms with Crippen LogP contribution < -0.4 is 9.47 Å². The van der Waals surface area contributed by atoms with Crippen LogP contribution in [0.25, 0.3) is 0 Å². The van der Waals surface area contributed by atoms with E-state index in [0.29, 0.717) is 0 Å². The van der Waals surface area contributed by atoms with E-state index in [-0.39, 0.29) is 0 Å². The number of methoxy groups -OCH3 is 1. The molecule has 17 heavy (non-hydrogen) atoms. The van der Waals surface area contributed by atoms with Gasteiger partial charge in [0.1, 0.15) is 0 Å².